The lowest BCUT2D eigenvalue weighted by Crippen LogP contribution is -2.48. The van der Waals surface area contributed by atoms with Gasteiger partial charge in [0.2, 0.25) is 0 Å². The maximum absolute atomic E-state index is 13.5. The third kappa shape index (κ3) is 4.29. The molecular formula is C20H27FN6O. The average molecular weight is 386 g/mol. The largest absolute Gasteiger partial charge is 0.376 e. The van der Waals surface area contributed by atoms with Crippen LogP contribution in [0.4, 0.5) is 4.39 Å². The molecule has 0 amide bonds. The molecule has 2 aliphatic rings. The van der Waals surface area contributed by atoms with Gasteiger partial charge in [-0.25, -0.2) is 9.07 Å². The Morgan fingerprint density at radius 2 is 2.00 bits per heavy atom. The Morgan fingerprint density at radius 3 is 2.68 bits per heavy atom. The molecule has 0 bridgehead atoms. The van der Waals surface area contributed by atoms with Crippen molar-refractivity contribution in [3.63, 3.8) is 0 Å². The van der Waals surface area contributed by atoms with E-state index in [4.69, 9.17) is 4.74 Å². The highest BCUT2D eigenvalue weighted by molar-refractivity contribution is 5.25. The SMILES string of the molecule is C=CCN1CCN(C(c2ccc(F)cc2)c2nnnn2CC2CCCO2)CC1. The van der Waals surface area contributed by atoms with Gasteiger partial charge in [0.25, 0.3) is 0 Å². The Bertz CT molecular complexity index is 765. The van der Waals surface area contributed by atoms with Crippen molar-refractivity contribution in [3.8, 4) is 0 Å². The van der Waals surface area contributed by atoms with Crippen LogP contribution in [0.2, 0.25) is 0 Å². The molecule has 2 atom stereocenters. The molecule has 2 saturated heterocycles. The third-order valence-electron chi connectivity index (χ3n) is 5.55. The van der Waals surface area contributed by atoms with Gasteiger partial charge in [-0.1, -0.05) is 18.2 Å². The van der Waals surface area contributed by atoms with E-state index in [1.165, 1.54) is 12.1 Å². The highest BCUT2D eigenvalue weighted by atomic mass is 19.1. The van der Waals surface area contributed by atoms with Gasteiger partial charge in [-0.2, -0.15) is 0 Å². The molecule has 0 N–H and O–H groups in total. The summed E-state index contributed by atoms with van der Waals surface area (Å²) in [6.07, 6.45) is 4.20. The second kappa shape index (κ2) is 8.89. The number of halogens is 1. The van der Waals surface area contributed by atoms with E-state index in [-0.39, 0.29) is 18.0 Å². The van der Waals surface area contributed by atoms with Gasteiger partial charge in [0.15, 0.2) is 5.82 Å². The molecule has 2 unspecified atom stereocenters. The highest BCUT2D eigenvalue weighted by Crippen LogP contribution is 2.29. The summed E-state index contributed by atoms with van der Waals surface area (Å²) in [5.41, 5.74) is 1.00. The first kappa shape index (κ1) is 19.2. The molecule has 150 valence electrons. The van der Waals surface area contributed by atoms with E-state index in [9.17, 15) is 4.39 Å². The molecule has 1 aromatic heterocycles. The van der Waals surface area contributed by atoms with Crippen molar-refractivity contribution in [2.45, 2.75) is 31.5 Å². The number of benzene rings is 1. The lowest BCUT2D eigenvalue weighted by atomic mass is 10.0. The Labute approximate surface area is 164 Å². The second-order valence-corrected chi connectivity index (χ2v) is 7.43. The van der Waals surface area contributed by atoms with Gasteiger partial charge in [0.1, 0.15) is 5.82 Å². The standard InChI is InChI=1S/C20H27FN6O/c1-2-9-25-10-12-26(13-11-25)19(16-5-7-17(21)8-6-16)20-22-23-24-27(20)15-18-4-3-14-28-18/h2,5-8,18-19H,1,3-4,9-15H2. The van der Waals surface area contributed by atoms with Crippen LogP contribution in [-0.4, -0.2) is 75.4 Å². The maximum atomic E-state index is 13.5. The highest BCUT2D eigenvalue weighted by Gasteiger charge is 2.31. The fraction of sp³-hybridized carbons (Fsp3) is 0.550. The van der Waals surface area contributed by atoms with Gasteiger partial charge < -0.3 is 4.74 Å². The lowest BCUT2D eigenvalue weighted by Gasteiger charge is -2.38. The molecule has 0 saturated carbocycles. The minimum Gasteiger partial charge on any atom is -0.376 e. The smallest absolute Gasteiger partial charge is 0.173 e. The van der Waals surface area contributed by atoms with Crippen LogP contribution in [0, 0.1) is 5.82 Å². The van der Waals surface area contributed by atoms with E-state index in [1.807, 2.05) is 22.9 Å². The number of nitrogens with zero attached hydrogens (tertiary/aromatic N) is 6. The summed E-state index contributed by atoms with van der Waals surface area (Å²) in [6, 6.07) is 6.57. The molecule has 0 radical (unpaired) electrons. The quantitative estimate of drug-likeness (QED) is 0.678. The van der Waals surface area contributed by atoms with Crippen molar-refractivity contribution in [3.05, 3.63) is 54.1 Å². The molecule has 28 heavy (non-hydrogen) atoms. The van der Waals surface area contributed by atoms with Gasteiger partial charge in [-0.15, -0.1) is 11.7 Å². The molecule has 2 aliphatic heterocycles. The van der Waals surface area contributed by atoms with E-state index in [2.05, 4.69) is 31.9 Å². The zero-order valence-corrected chi connectivity index (χ0v) is 16.1. The number of piperazine rings is 1. The van der Waals surface area contributed by atoms with E-state index in [0.717, 1.165) is 63.6 Å². The first-order valence-corrected chi connectivity index (χ1v) is 9.95. The number of rotatable bonds is 7. The Morgan fingerprint density at radius 1 is 1.21 bits per heavy atom. The zero-order valence-electron chi connectivity index (χ0n) is 16.1. The van der Waals surface area contributed by atoms with Crippen LogP contribution in [0.25, 0.3) is 0 Å². The second-order valence-electron chi connectivity index (χ2n) is 7.43. The van der Waals surface area contributed by atoms with Crippen LogP contribution in [0.5, 0.6) is 0 Å². The monoisotopic (exact) mass is 386 g/mol. The van der Waals surface area contributed by atoms with Crippen LogP contribution in [-0.2, 0) is 11.3 Å². The summed E-state index contributed by atoms with van der Waals surface area (Å²) in [5, 5.41) is 12.6. The minimum atomic E-state index is -0.239. The fourth-order valence-corrected chi connectivity index (χ4v) is 4.07. The van der Waals surface area contributed by atoms with E-state index < -0.39 is 0 Å². The Kier molecular flexibility index (Phi) is 6.09. The maximum Gasteiger partial charge on any atom is 0.173 e. The van der Waals surface area contributed by atoms with Crippen molar-refractivity contribution >= 4 is 0 Å². The van der Waals surface area contributed by atoms with Crippen LogP contribution in [0.3, 0.4) is 0 Å². The number of tetrazole rings is 1. The topological polar surface area (TPSA) is 59.3 Å². The summed E-state index contributed by atoms with van der Waals surface area (Å²) >= 11 is 0. The van der Waals surface area contributed by atoms with Crippen LogP contribution in [0.1, 0.15) is 30.3 Å². The minimum absolute atomic E-state index is 0.108. The molecule has 8 heteroatoms. The zero-order chi connectivity index (χ0) is 19.3. The number of ether oxygens (including phenoxy) is 1. The fourth-order valence-electron chi connectivity index (χ4n) is 4.07. The van der Waals surface area contributed by atoms with E-state index >= 15 is 0 Å². The Balaban J connectivity index is 1.60. The predicted octanol–water partition coefficient (Wildman–Crippen LogP) is 1.88. The first-order valence-electron chi connectivity index (χ1n) is 9.95. The summed E-state index contributed by atoms with van der Waals surface area (Å²) in [5.74, 6) is 0.552. The Hall–Kier alpha value is -2.16. The number of hydrogen-bond acceptors (Lipinski definition) is 6. The van der Waals surface area contributed by atoms with Crippen LogP contribution in [0.15, 0.2) is 36.9 Å². The summed E-state index contributed by atoms with van der Waals surface area (Å²) in [6.45, 7) is 9.87. The van der Waals surface area contributed by atoms with Gasteiger partial charge >= 0.3 is 0 Å². The van der Waals surface area contributed by atoms with Crippen LogP contribution < -0.4 is 0 Å². The first-order chi connectivity index (χ1) is 13.7. The van der Waals surface area contributed by atoms with Gasteiger partial charge in [0, 0.05) is 39.3 Å². The van der Waals surface area contributed by atoms with Crippen LogP contribution >= 0.6 is 0 Å². The summed E-state index contributed by atoms with van der Waals surface area (Å²) in [7, 11) is 0. The van der Waals surface area contributed by atoms with Crippen molar-refractivity contribution < 1.29 is 9.13 Å². The van der Waals surface area contributed by atoms with E-state index in [1.54, 1.807) is 0 Å². The summed E-state index contributed by atoms with van der Waals surface area (Å²) in [4.78, 5) is 4.76. The van der Waals surface area contributed by atoms with Gasteiger partial charge in [-0.3, -0.25) is 9.80 Å². The average Bonchev–Trinajstić information content (AvgIpc) is 3.38. The molecule has 0 spiro atoms. The molecule has 7 nitrogen and oxygen atoms in total. The lowest BCUT2D eigenvalue weighted by molar-refractivity contribution is 0.0868. The molecule has 2 fully saturated rings. The molecule has 0 aliphatic carbocycles. The molecule has 3 heterocycles. The van der Waals surface area contributed by atoms with Crippen molar-refractivity contribution in [1.82, 2.24) is 30.0 Å². The predicted molar refractivity (Wildman–Crippen MR) is 103 cm³/mol. The van der Waals surface area contributed by atoms with Crippen molar-refractivity contribution in [2.75, 3.05) is 39.3 Å². The molecular weight excluding hydrogens is 359 g/mol. The van der Waals surface area contributed by atoms with Gasteiger partial charge in [0.05, 0.1) is 18.7 Å². The van der Waals surface area contributed by atoms with Crippen molar-refractivity contribution in [1.29, 1.82) is 0 Å². The summed E-state index contributed by atoms with van der Waals surface area (Å²) < 4.78 is 21.2. The number of aromatic nitrogens is 4. The van der Waals surface area contributed by atoms with Crippen molar-refractivity contribution in [2.24, 2.45) is 0 Å². The van der Waals surface area contributed by atoms with E-state index in [0.29, 0.717) is 6.54 Å². The normalized spacial score (nSPS) is 22.4. The third-order valence-corrected chi connectivity index (χ3v) is 5.55. The molecule has 1 aromatic carbocycles. The number of hydrogen-bond donors (Lipinski definition) is 0. The molecule has 2 aromatic rings. The van der Waals surface area contributed by atoms with Gasteiger partial charge in [-0.05, 0) is 41.0 Å². The molecule has 4 rings (SSSR count).